The summed E-state index contributed by atoms with van der Waals surface area (Å²) in [5.41, 5.74) is 9.50. The van der Waals surface area contributed by atoms with Crippen molar-refractivity contribution in [3.63, 3.8) is 0 Å². The van der Waals surface area contributed by atoms with Crippen LogP contribution in [0.3, 0.4) is 0 Å². The molecule has 0 N–H and O–H groups in total. The average molecular weight is 485 g/mol. The Balaban J connectivity index is 2.02. The van der Waals surface area contributed by atoms with Gasteiger partial charge in [-0.25, -0.2) is 0 Å². The maximum absolute atomic E-state index is 2.57. The Morgan fingerprint density at radius 2 is 1.62 bits per heavy atom. The van der Waals surface area contributed by atoms with Gasteiger partial charge in [-0.1, -0.05) is 0 Å². The van der Waals surface area contributed by atoms with E-state index in [9.17, 15) is 0 Å². The van der Waals surface area contributed by atoms with Gasteiger partial charge >= 0.3 is 160 Å². The van der Waals surface area contributed by atoms with E-state index in [1.54, 1.807) is 27.9 Å². The molecule has 24 heavy (non-hydrogen) atoms. The molecule has 0 bridgehead atoms. The average Bonchev–Trinajstić information content (AvgIpc) is 3.00. The molecule has 0 nitrogen and oxygen atoms in total. The van der Waals surface area contributed by atoms with Crippen molar-refractivity contribution in [2.45, 2.75) is 64.0 Å². The van der Waals surface area contributed by atoms with Crippen LogP contribution in [0.15, 0.2) is 49.9 Å². The Hall–Kier alpha value is -0.690. The predicted octanol–water partition coefficient (Wildman–Crippen LogP) is 7.12. The Kier molecular flexibility index (Phi) is 4.95. The summed E-state index contributed by atoms with van der Waals surface area (Å²) >= 11 is -1.03. The molecule has 0 saturated carbocycles. The molecule has 0 saturated heterocycles. The van der Waals surface area contributed by atoms with E-state index >= 15 is 0 Å². The number of hydrogen-bond acceptors (Lipinski definition) is 0. The number of fused-ring (bicyclic) bond motifs is 1. The summed E-state index contributed by atoms with van der Waals surface area (Å²) in [5, 5.41) is 0. The number of hydrogen-bond donors (Lipinski definition) is 0. The third-order valence-corrected chi connectivity index (χ3v) is 13.9. The minimum atomic E-state index is -1.03. The molecule has 126 valence electrons. The predicted molar refractivity (Wildman–Crippen MR) is 102 cm³/mol. The van der Waals surface area contributed by atoms with Crippen molar-refractivity contribution in [3.8, 4) is 0 Å². The van der Waals surface area contributed by atoms with Gasteiger partial charge in [0.1, 0.15) is 0 Å². The second kappa shape index (κ2) is 6.56. The van der Waals surface area contributed by atoms with Crippen LogP contribution >= 0.6 is 0 Å². The van der Waals surface area contributed by atoms with Gasteiger partial charge < -0.3 is 0 Å². The Morgan fingerprint density at radius 1 is 1.04 bits per heavy atom. The van der Waals surface area contributed by atoms with Crippen molar-refractivity contribution >= 4 is 6.08 Å². The molecule has 1 heteroatoms. The van der Waals surface area contributed by atoms with Crippen LogP contribution in [0.2, 0.25) is 3.17 Å². The summed E-state index contributed by atoms with van der Waals surface area (Å²) in [6, 6.07) is 9.11. The zero-order valence-corrected chi connectivity index (χ0v) is 19.8. The molecule has 1 aromatic rings. The van der Waals surface area contributed by atoms with Crippen LogP contribution in [-0.4, -0.2) is 0 Å². The van der Waals surface area contributed by atoms with Crippen LogP contribution in [-0.2, 0) is 22.9 Å². The van der Waals surface area contributed by atoms with Crippen LogP contribution in [0.5, 0.6) is 0 Å². The van der Waals surface area contributed by atoms with Gasteiger partial charge in [0.15, 0.2) is 0 Å². The molecule has 0 aliphatic heterocycles. The van der Waals surface area contributed by atoms with Crippen LogP contribution in [0.25, 0.3) is 6.08 Å². The summed E-state index contributed by atoms with van der Waals surface area (Å²) in [6.45, 7) is 16.8. The SMILES string of the molecule is CCC(C)C1[C]([Hf][C]2(C)C(C)=C(C)C(C)=C2C)=Cc2ccccc21. The first-order valence-corrected chi connectivity index (χ1v) is 12.9. The number of rotatable bonds is 4. The van der Waals surface area contributed by atoms with Gasteiger partial charge in [0.05, 0.1) is 0 Å². The van der Waals surface area contributed by atoms with Crippen LogP contribution < -0.4 is 0 Å². The summed E-state index contributed by atoms with van der Waals surface area (Å²) in [7, 11) is 0. The Bertz CT molecular complexity index is 736. The van der Waals surface area contributed by atoms with Gasteiger partial charge in [0.25, 0.3) is 0 Å². The Morgan fingerprint density at radius 3 is 2.21 bits per heavy atom. The van der Waals surface area contributed by atoms with E-state index in [2.05, 4.69) is 78.8 Å². The molecule has 0 spiro atoms. The van der Waals surface area contributed by atoms with Crippen molar-refractivity contribution in [3.05, 3.63) is 61.0 Å². The van der Waals surface area contributed by atoms with E-state index in [1.165, 1.54) is 12.0 Å². The van der Waals surface area contributed by atoms with E-state index in [4.69, 9.17) is 0 Å². The molecule has 0 heterocycles. The topological polar surface area (TPSA) is 0 Å². The van der Waals surface area contributed by atoms with Crippen LogP contribution in [0.1, 0.15) is 71.9 Å². The molecule has 0 amide bonds. The summed E-state index contributed by atoms with van der Waals surface area (Å²) in [6.07, 6.45) is 3.84. The van der Waals surface area contributed by atoms with E-state index < -0.39 is 22.9 Å². The summed E-state index contributed by atoms with van der Waals surface area (Å²) in [4.78, 5) is 0. The second-order valence-corrected chi connectivity index (χ2v) is 14.4. The van der Waals surface area contributed by atoms with E-state index in [0.717, 1.165) is 5.92 Å². The molecular weight excluding hydrogens is 455 g/mol. The molecule has 0 radical (unpaired) electrons. The van der Waals surface area contributed by atoms with Crippen molar-refractivity contribution in [2.75, 3.05) is 0 Å². The van der Waals surface area contributed by atoms with E-state index in [-0.39, 0.29) is 0 Å². The molecule has 0 aromatic heterocycles. The quantitative estimate of drug-likeness (QED) is 0.399. The zero-order chi connectivity index (χ0) is 17.6. The van der Waals surface area contributed by atoms with Crippen molar-refractivity contribution in [2.24, 2.45) is 5.92 Å². The van der Waals surface area contributed by atoms with E-state index in [1.807, 2.05) is 3.33 Å². The summed E-state index contributed by atoms with van der Waals surface area (Å²) in [5.74, 6) is 1.42. The third-order valence-electron chi connectivity index (χ3n) is 6.77. The molecule has 0 fully saturated rings. The second-order valence-electron chi connectivity index (χ2n) is 7.84. The minimum absolute atomic E-state index is 0.383. The van der Waals surface area contributed by atoms with Crippen molar-refractivity contribution in [1.82, 2.24) is 0 Å². The molecule has 2 unspecified atom stereocenters. The van der Waals surface area contributed by atoms with Crippen LogP contribution in [0, 0.1) is 5.92 Å². The standard InChI is InChI=1S/C13H15.C10H15.Hf/c1-3-10(2)12-9-8-11-6-4-5-7-13(11)12;1-6-7(2)9(4)10(5)8(6)3;/h4-8,10,12H,3H2,1-2H3;1-5H3;. The fourth-order valence-electron chi connectivity index (χ4n) is 4.38. The van der Waals surface area contributed by atoms with Crippen molar-refractivity contribution in [1.29, 1.82) is 0 Å². The fraction of sp³-hybridized carbons (Fsp3) is 0.478. The van der Waals surface area contributed by atoms with Gasteiger partial charge in [-0.3, -0.25) is 0 Å². The van der Waals surface area contributed by atoms with Gasteiger partial charge in [0.2, 0.25) is 0 Å². The van der Waals surface area contributed by atoms with Gasteiger partial charge in [0, 0.05) is 0 Å². The van der Waals surface area contributed by atoms with Gasteiger partial charge in [-0.05, 0) is 0 Å². The molecular formula is C23H30Hf. The normalized spacial score (nSPS) is 23.5. The van der Waals surface area contributed by atoms with Crippen LogP contribution in [0.4, 0.5) is 0 Å². The van der Waals surface area contributed by atoms with Crippen molar-refractivity contribution < 1.29 is 22.9 Å². The number of allylic oxidation sites excluding steroid dienone is 5. The van der Waals surface area contributed by atoms with E-state index in [0.29, 0.717) is 9.09 Å². The first-order valence-electron chi connectivity index (χ1n) is 9.26. The van der Waals surface area contributed by atoms with Gasteiger partial charge in [-0.2, -0.15) is 0 Å². The number of benzene rings is 1. The first kappa shape index (κ1) is 18.1. The molecule has 2 aliphatic carbocycles. The maximum atomic E-state index is 2.57. The molecule has 2 atom stereocenters. The zero-order valence-electron chi connectivity index (χ0n) is 16.2. The third kappa shape index (κ3) is 2.68. The fourth-order valence-corrected chi connectivity index (χ4v) is 12.1. The van der Waals surface area contributed by atoms with Gasteiger partial charge in [-0.15, -0.1) is 0 Å². The monoisotopic (exact) mass is 486 g/mol. The molecule has 1 aromatic carbocycles. The molecule has 2 aliphatic rings. The first-order chi connectivity index (χ1) is 11.3. The summed E-state index contributed by atoms with van der Waals surface area (Å²) < 4.78 is 2.21. The molecule has 3 rings (SSSR count). The Labute approximate surface area is 159 Å².